The van der Waals surface area contributed by atoms with Crippen molar-refractivity contribution in [2.75, 3.05) is 13.2 Å². The van der Waals surface area contributed by atoms with Crippen LogP contribution in [0, 0.1) is 11.2 Å². The van der Waals surface area contributed by atoms with E-state index in [0.29, 0.717) is 6.54 Å². The van der Waals surface area contributed by atoms with Gasteiger partial charge in [-0.3, -0.25) is 4.98 Å². The molecule has 0 aliphatic carbocycles. The Labute approximate surface area is 160 Å². The summed E-state index contributed by atoms with van der Waals surface area (Å²) in [5.41, 5.74) is 1.74. The van der Waals surface area contributed by atoms with Crippen LogP contribution in [-0.4, -0.2) is 34.2 Å². The Hall–Kier alpha value is -2.47. The molecule has 0 aliphatic rings. The molecular formula is C21H28FN3O2. The summed E-state index contributed by atoms with van der Waals surface area (Å²) in [4.78, 5) is 18.6. The number of urea groups is 1. The van der Waals surface area contributed by atoms with Crippen molar-refractivity contribution < 1.29 is 14.3 Å². The van der Waals surface area contributed by atoms with Gasteiger partial charge in [-0.25, -0.2) is 9.18 Å². The van der Waals surface area contributed by atoms with Crippen LogP contribution in [0.25, 0.3) is 0 Å². The molecule has 2 N–H and O–H groups in total. The van der Waals surface area contributed by atoms with E-state index in [1.165, 1.54) is 17.0 Å². The maximum atomic E-state index is 13.1. The molecule has 5 nitrogen and oxygen atoms in total. The van der Waals surface area contributed by atoms with E-state index in [4.69, 9.17) is 0 Å². The lowest BCUT2D eigenvalue weighted by Gasteiger charge is -2.30. The number of nitrogens with zero attached hydrogens (tertiary/aromatic N) is 2. The van der Waals surface area contributed by atoms with Gasteiger partial charge in [-0.1, -0.05) is 39.0 Å². The summed E-state index contributed by atoms with van der Waals surface area (Å²) in [6.07, 6.45) is 4.20. The molecular weight excluding hydrogens is 345 g/mol. The standard InChI is InChI=1S/C21H28FN3O2/c1-21(2,3)13-19(17-5-4-10-23-14-17)24-20(27)25(11-12-26)15-16-6-8-18(22)9-7-16/h4-10,14,19,26H,11-13,15H2,1-3H3,(H,24,27)/t19-/m1/s1. The van der Waals surface area contributed by atoms with Gasteiger partial charge in [0, 0.05) is 25.5 Å². The van der Waals surface area contributed by atoms with Crippen LogP contribution in [0.1, 0.15) is 44.4 Å². The largest absolute Gasteiger partial charge is 0.395 e. The lowest BCUT2D eigenvalue weighted by molar-refractivity contribution is 0.167. The first-order valence-electron chi connectivity index (χ1n) is 9.09. The van der Waals surface area contributed by atoms with Crippen molar-refractivity contribution >= 4 is 6.03 Å². The number of halogens is 1. The van der Waals surface area contributed by atoms with Gasteiger partial charge in [0.1, 0.15) is 5.82 Å². The third-order valence-corrected chi connectivity index (χ3v) is 4.14. The SMILES string of the molecule is CC(C)(C)C[C@@H](NC(=O)N(CCO)Cc1ccc(F)cc1)c1cccnc1. The summed E-state index contributed by atoms with van der Waals surface area (Å²) in [7, 11) is 0. The predicted octanol–water partition coefficient (Wildman–Crippen LogP) is 3.90. The monoisotopic (exact) mass is 373 g/mol. The van der Waals surface area contributed by atoms with E-state index < -0.39 is 0 Å². The Bertz CT molecular complexity index is 714. The van der Waals surface area contributed by atoms with Gasteiger partial charge in [0.05, 0.1) is 12.6 Å². The number of carbonyl (C=O) groups is 1. The number of benzene rings is 1. The Kier molecular flexibility index (Phi) is 7.30. The van der Waals surface area contributed by atoms with Crippen LogP contribution in [0.5, 0.6) is 0 Å². The zero-order chi connectivity index (χ0) is 19.9. The lowest BCUT2D eigenvalue weighted by atomic mass is 9.86. The molecule has 0 saturated carbocycles. The van der Waals surface area contributed by atoms with E-state index in [2.05, 4.69) is 31.1 Å². The number of nitrogens with one attached hydrogen (secondary N) is 1. The number of hydrogen-bond acceptors (Lipinski definition) is 3. The van der Waals surface area contributed by atoms with Crippen molar-refractivity contribution in [3.8, 4) is 0 Å². The Morgan fingerprint density at radius 3 is 2.52 bits per heavy atom. The molecule has 6 heteroatoms. The van der Waals surface area contributed by atoms with Crippen molar-refractivity contribution in [3.05, 3.63) is 65.7 Å². The summed E-state index contributed by atoms with van der Waals surface area (Å²) >= 11 is 0. The molecule has 0 radical (unpaired) electrons. The predicted molar refractivity (Wildman–Crippen MR) is 103 cm³/mol. The van der Waals surface area contributed by atoms with Gasteiger partial charge in [-0.2, -0.15) is 0 Å². The van der Waals surface area contributed by atoms with Gasteiger partial charge in [0.2, 0.25) is 0 Å². The third-order valence-electron chi connectivity index (χ3n) is 4.14. The summed E-state index contributed by atoms with van der Waals surface area (Å²) < 4.78 is 13.1. The van der Waals surface area contributed by atoms with E-state index in [0.717, 1.165) is 17.5 Å². The molecule has 0 unspecified atom stereocenters. The number of hydrogen-bond donors (Lipinski definition) is 2. The van der Waals surface area contributed by atoms with Crippen LogP contribution in [0.3, 0.4) is 0 Å². The first kappa shape index (κ1) is 20.8. The van der Waals surface area contributed by atoms with Crippen molar-refractivity contribution in [2.24, 2.45) is 5.41 Å². The first-order chi connectivity index (χ1) is 12.8. The van der Waals surface area contributed by atoms with E-state index in [9.17, 15) is 14.3 Å². The number of amides is 2. The molecule has 1 aromatic heterocycles. The van der Waals surface area contributed by atoms with E-state index >= 15 is 0 Å². The molecule has 2 rings (SSSR count). The molecule has 1 aromatic carbocycles. The fourth-order valence-electron chi connectivity index (χ4n) is 2.87. The number of carbonyl (C=O) groups excluding carboxylic acids is 1. The van der Waals surface area contributed by atoms with Gasteiger partial charge in [-0.05, 0) is 41.2 Å². The van der Waals surface area contributed by atoms with Gasteiger partial charge >= 0.3 is 6.03 Å². The third kappa shape index (κ3) is 6.98. The minimum Gasteiger partial charge on any atom is -0.395 e. The average Bonchev–Trinajstić information content (AvgIpc) is 2.62. The van der Waals surface area contributed by atoms with Gasteiger partial charge in [0.25, 0.3) is 0 Å². The second-order valence-corrected chi connectivity index (χ2v) is 7.82. The maximum Gasteiger partial charge on any atom is 0.318 e. The van der Waals surface area contributed by atoms with Crippen molar-refractivity contribution in [3.63, 3.8) is 0 Å². The summed E-state index contributed by atoms with van der Waals surface area (Å²) in [6.45, 7) is 6.69. The highest BCUT2D eigenvalue weighted by atomic mass is 19.1. The fourth-order valence-corrected chi connectivity index (χ4v) is 2.87. The molecule has 0 spiro atoms. The van der Waals surface area contributed by atoms with Crippen LogP contribution in [-0.2, 0) is 6.54 Å². The van der Waals surface area contributed by atoms with Crippen LogP contribution >= 0.6 is 0 Å². The van der Waals surface area contributed by atoms with Crippen LogP contribution < -0.4 is 5.32 Å². The summed E-state index contributed by atoms with van der Waals surface area (Å²) in [6, 6.07) is 9.33. The number of aliphatic hydroxyl groups is 1. The minimum atomic E-state index is -0.321. The zero-order valence-electron chi connectivity index (χ0n) is 16.2. The van der Waals surface area contributed by atoms with Crippen LogP contribution in [0.2, 0.25) is 0 Å². The minimum absolute atomic E-state index is 0.00650. The molecule has 2 aromatic rings. The summed E-state index contributed by atoms with van der Waals surface area (Å²) in [5.74, 6) is -0.321. The highest BCUT2D eigenvalue weighted by Gasteiger charge is 2.24. The molecule has 1 atom stereocenters. The zero-order valence-corrected chi connectivity index (χ0v) is 16.2. The molecule has 1 heterocycles. The summed E-state index contributed by atoms with van der Waals surface area (Å²) in [5, 5.41) is 12.4. The Balaban J connectivity index is 2.15. The van der Waals surface area contributed by atoms with Gasteiger partial charge in [0.15, 0.2) is 0 Å². The number of aliphatic hydroxyl groups excluding tert-OH is 1. The fraction of sp³-hybridized carbons (Fsp3) is 0.429. The van der Waals surface area contributed by atoms with Crippen molar-refractivity contribution in [1.29, 1.82) is 0 Å². The van der Waals surface area contributed by atoms with Crippen LogP contribution in [0.4, 0.5) is 9.18 Å². The molecule has 27 heavy (non-hydrogen) atoms. The second-order valence-electron chi connectivity index (χ2n) is 7.82. The number of rotatable bonds is 7. The van der Waals surface area contributed by atoms with E-state index in [1.54, 1.807) is 24.5 Å². The average molecular weight is 373 g/mol. The maximum absolute atomic E-state index is 13.1. The number of aromatic nitrogens is 1. The second kappa shape index (κ2) is 9.46. The van der Waals surface area contributed by atoms with Crippen molar-refractivity contribution in [1.82, 2.24) is 15.2 Å². The quantitative estimate of drug-likeness (QED) is 0.773. The smallest absolute Gasteiger partial charge is 0.318 e. The van der Waals surface area contributed by atoms with Gasteiger partial charge < -0.3 is 15.3 Å². The number of pyridine rings is 1. The van der Waals surface area contributed by atoms with Crippen molar-refractivity contribution in [2.45, 2.75) is 39.8 Å². The molecule has 0 fully saturated rings. The lowest BCUT2D eigenvalue weighted by Crippen LogP contribution is -2.43. The molecule has 146 valence electrons. The molecule has 0 bridgehead atoms. The van der Waals surface area contributed by atoms with Gasteiger partial charge in [-0.15, -0.1) is 0 Å². The topological polar surface area (TPSA) is 65.5 Å². The van der Waals surface area contributed by atoms with E-state index in [-0.39, 0.29) is 36.5 Å². The molecule has 0 aliphatic heterocycles. The Morgan fingerprint density at radius 2 is 1.96 bits per heavy atom. The first-order valence-corrected chi connectivity index (χ1v) is 9.09. The van der Waals surface area contributed by atoms with E-state index in [1.807, 2.05) is 12.1 Å². The highest BCUT2D eigenvalue weighted by molar-refractivity contribution is 5.74. The molecule has 2 amide bonds. The highest BCUT2D eigenvalue weighted by Crippen LogP contribution is 2.29. The molecule has 0 saturated heterocycles. The Morgan fingerprint density at radius 1 is 1.26 bits per heavy atom. The normalized spacial score (nSPS) is 12.5. The van der Waals surface area contributed by atoms with Crippen LogP contribution in [0.15, 0.2) is 48.8 Å².